The van der Waals surface area contributed by atoms with Gasteiger partial charge >= 0.3 is 0 Å². The minimum atomic E-state index is -1.10. The zero-order chi connectivity index (χ0) is 17.8. The van der Waals surface area contributed by atoms with Crippen LogP contribution in [0.1, 0.15) is 10.4 Å². The molecule has 3 aromatic carbocycles. The zero-order valence-corrected chi connectivity index (χ0v) is 13.6. The topological polar surface area (TPSA) is 38.3 Å². The first kappa shape index (κ1) is 16.9. The first-order chi connectivity index (χ1) is 12.0. The summed E-state index contributed by atoms with van der Waals surface area (Å²) >= 11 is 5.98. The van der Waals surface area contributed by atoms with Crippen LogP contribution in [-0.4, -0.2) is 5.91 Å². The molecule has 0 saturated carbocycles. The van der Waals surface area contributed by atoms with E-state index in [0.717, 1.165) is 12.1 Å². The SMILES string of the molecule is O=C(Nc1cc(Cl)ccc1Oc1ccccc1)c1ccc(F)c(F)c1. The summed E-state index contributed by atoms with van der Waals surface area (Å²) in [5.41, 5.74) is 0.288. The van der Waals surface area contributed by atoms with Crippen LogP contribution in [0.5, 0.6) is 11.5 Å². The standard InChI is InChI=1S/C19H12ClF2NO2/c20-13-7-9-18(25-14-4-2-1-3-5-14)17(11-13)23-19(24)12-6-8-15(21)16(22)10-12/h1-11H,(H,23,24). The molecule has 0 aliphatic heterocycles. The molecule has 0 fully saturated rings. The van der Waals surface area contributed by atoms with Crippen LogP contribution in [0, 0.1) is 11.6 Å². The highest BCUT2D eigenvalue weighted by Crippen LogP contribution is 2.32. The van der Waals surface area contributed by atoms with Crippen LogP contribution in [0.4, 0.5) is 14.5 Å². The van der Waals surface area contributed by atoms with Crippen LogP contribution < -0.4 is 10.1 Å². The second-order valence-corrected chi connectivity index (χ2v) is 5.58. The second kappa shape index (κ2) is 7.32. The predicted molar refractivity (Wildman–Crippen MR) is 92.3 cm³/mol. The summed E-state index contributed by atoms with van der Waals surface area (Å²) in [6.45, 7) is 0. The van der Waals surface area contributed by atoms with Gasteiger partial charge in [-0.15, -0.1) is 0 Å². The van der Waals surface area contributed by atoms with E-state index in [9.17, 15) is 13.6 Å². The molecule has 126 valence electrons. The first-order valence-corrected chi connectivity index (χ1v) is 7.69. The molecule has 0 radical (unpaired) electrons. The van der Waals surface area contributed by atoms with Gasteiger partial charge in [-0.1, -0.05) is 29.8 Å². The van der Waals surface area contributed by atoms with Gasteiger partial charge in [-0.3, -0.25) is 4.79 Å². The smallest absolute Gasteiger partial charge is 0.255 e. The van der Waals surface area contributed by atoms with Crippen molar-refractivity contribution in [3.8, 4) is 11.5 Å². The first-order valence-electron chi connectivity index (χ1n) is 7.32. The number of carbonyl (C=O) groups excluding carboxylic acids is 1. The third-order valence-corrected chi connectivity index (χ3v) is 3.58. The number of ether oxygens (including phenoxy) is 1. The van der Waals surface area contributed by atoms with Crippen molar-refractivity contribution in [1.29, 1.82) is 0 Å². The lowest BCUT2D eigenvalue weighted by Gasteiger charge is -2.13. The largest absolute Gasteiger partial charge is 0.455 e. The number of nitrogens with one attached hydrogen (secondary N) is 1. The van der Waals surface area contributed by atoms with Gasteiger partial charge < -0.3 is 10.1 Å². The van der Waals surface area contributed by atoms with E-state index in [4.69, 9.17) is 16.3 Å². The summed E-state index contributed by atoms with van der Waals surface area (Å²) < 4.78 is 32.0. The van der Waals surface area contributed by atoms with E-state index in [1.807, 2.05) is 18.2 Å². The molecule has 0 unspecified atom stereocenters. The molecule has 1 N–H and O–H groups in total. The molecular weight excluding hydrogens is 348 g/mol. The Bertz CT molecular complexity index is 917. The second-order valence-electron chi connectivity index (χ2n) is 5.14. The van der Waals surface area contributed by atoms with Gasteiger partial charge in [0.05, 0.1) is 5.69 Å². The Morgan fingerprint density at radius 1 is 0.920 bits per heavy atom. The van der Waals surface area contributed by atoms with Gasteiger partial charge in [0.15, 0.2) is 17.4 Å². The molecule has 1 amide bonds. The Labute approximate surface area is 147 Å². The van der Waals surface area contributed by atoms with E-state index in [-0.39, 0.29) is 5.56 Å². The fourth-order valence-corrected chi connectivity index (χ4v) is 2.31. The number of hydrogen-bond donors (Lipinski definition) is 1. The van der Waals surface area contributed by atoms with Gasteiger partial charge in [0, 0.05) is 10.6 Å². The maximum Gasteiger partial charge on any atom is 0.255 e. The van der Waals surface area contributed by atoms with Crippen LogP contribution in [0.15, 0.2) is 66.7 Å². The Kier molecular flexibility index (Phi) is 4.95. The van der Waals surface area contributed by atoms with Crippen molar-refractivity contribution in [3.05, 3.63) is 89.0 Å². The minimum absolute atomic E-state index is 0.0236. The van der Waals surface area contributed by atoms with Gasteiger partial charge in [-0.05, 0) is 48.5 Å². The molecule has 0 atom stereocenters. The molecule has 0 aliphatic rings. The molecule has 0 bridgehead atoms. The molecule has 0 saturated heterocycles. The summed E-state index contributed by atoms with van der Waals surface area (Å²) in [7, 11) is 0. The van der Waals surface area contributed by atoms with Crippen molar-refractivity contribution in [1.82, 2.24) is 0 Å². The number of rotatable bonds is 4. The average molecular weight is 360 g/mol. The molecule has 3 nitrogen and oxygen atoms in total. The van der Waals surface area contributed by atoms with E-state index in [0.29, 0.717) is 22.2 Å². The third kappa shape index (κ3) is 4.14. The quantitative estimate of drug-likeness (QED) is 0.652. The van der Waals surface area contributed by atoms with Crippen LogP contribution in [0.3, 0.4) is 0 Å². The number of hydrogen-bond acceptors (Lipinski definition) is 2. The van der Waals surface area contributed by atoms with E-state index in [1.54, 1.807) is 24.3 Å². The number of anilines is 1. The van der Waals surface area contributed by atoms with Gasteiger partial charge in [0.2, 0.25) is 0 Å². The fraction of sp³-hybridized carbons (Fsp3) is 0. The average Bonchev–Trinajstić information content (AvgIpc) is 2.60. The van der Waals surface area contributed by atoms with Crippen molar-refractivity contribution >= 4 is 23.2 Å². The van der Waals surface area contributed by atoms with Crippen molar-refractivity contribution in [2.45, 2.75) is 0 Å². The minimum Gasteiger partial charge on any atom is -0.455 e. The summed E-state index contributed by atoms with van der Waals surface area (Å²) in [6, 6.07) is 16.6. The lowest BCUT2D eigenvalue weighted by molar-refractivity contribution is 0.102. The highest BCUT2D eigenvalue weighted by molar-refractivity contribution is 6.31. The Morgan fingerprint density at radius 2 is 1.68 bits per heavy atom. The van der Waals surface area contributed by atoms with E-state index >= 15 is 0 Å². The molecule has 25 heavy (non-hydrogen) atoms. The lowest BCUT2D eigenvalue weighted by atomic mass is 10.2. The molecule has 0 heterocycles. The molecule has 0 aliphatic carbocycles. The van der Waals surface area contributed by atoms with E-state index < -0.39 is 17.5 Å². The number of benzene rings is 3. The van der Waals surface area contributed by atoms with Gasteiger partial charge in [0.1, 0.15) is 5.75 Å². The van der Waals surface area contributed by atoms with Gasteiger partial charge in [-0.25, -0.2) is 8.78 Å². The lowest BCUT2D eigenvalue weighted by Crippen LogP contribution is -2.13. The van der Waals surface area contributed by atoms with Crippen molar-refractivity contribution in [2.24, 2.45) is 0 Å². The summed E-state index contributed by atoms with van der Waals surface area (Å²) in [4.78, 5) is 12.3. The molecule has 6 heteroatoms. The van der Waals surface area contributed by atoms with Gasteiger partial charge in [0.25, 0.3) is 5.91 Å². The summed E-state index contributed by atoms with van der Waals surface area (Å²) in [5, 5.41) is 2.99. The number of amides is 1. The Morgan fingerprint density at radius 3 is 2.40 bits per heavy atom. The molecular formula is C19H12ClF2NO2. The number of halogens is 3. The summed E-state index contributed by atoms with van der Waals surface area (Å²) in [6.07, 6.45) is 0. The van der Waals surface area contributed by atoms with Crippen molar-refractivity contribution in [2.75, 3.05) is 5.32 Å². The molecule has 0 aromatic heterocycles. The zero-order valence-electron chi connectivity index (χ0n) is 12.8. The maximum atomic E-state index is 13.3. The Hall–Kier alpha value is -2.92. The Balaban J connectivity index is 1.87. The third-order valence-electron chi connectivity index (χ3n) is 3.34. The maximum absolute atomic E-state index is 13.3. The number of para-hydroxylation sites is 1. The normalized spacial score (nSPS) is 10.4. The van der Waals surface area contributed by atoms with Crippen molar-refractivity contribution in [3.63, 3.8) is 0 Å². The highest BCUT2D eigenvalue weighted by atomic mass is 35.5. The van der Waals surface area contributed by atoms with Gasteiger partial charge in [-0.2, -0.15) is 0 Å². The number of carbonyl (C=O) groups is 1. The molecule has 3 rings (SSSR count). The van der Waals surface area contributed by atoms with E-state index in [1.165, 1.54) is 12.1 Å². The fourth-order valence-electron chi connectivity index (χ4n) is 2.14. The van der Waals surface area contributed by atoms with Crippen LogP contribution in [0.2, 0.25) is 5.02 Å². The summed E-state index contributed by atoms with van der Waals surface area (Å²) in [5.74, 6) is -1.79. The van der Waals surface area contributed by atoms with Crippen LogP contribution in [0.25, 0.3) is 0 Å². The molecule has 3 aromatic rings. The van der Waals surface area contributed by atoms with Crippen LogP contribution >= 0.6 is 11.6 Å². The van der Waals surface area contributed by atoms with Crippen molar-refractivity contribution < 1.29 is 18.3 Å². The van der Waals surface area contributed by atoms with E-state index in [2.05, 4.69) is 5.32 Å². The monoisotopic (exact) mass is 359 g/mol. The highest BCUT2D eigenvalue weighted by Gasteiger charge is 2.13. The van der Waals surface area contributed by atoms with Crippen LogP contribution in [-0.2, 0) is 0 Å². The molecule has 0 spiro atoms. The predicted octanol–water partition coefficient (Wildman–Crippen LogP) is 5.66.